The number of hydrogen-bond acceptors (Lipinski definition) is 6. The summed E-state index contributed by atoms with van der Waals surface area (Å²) >= 11 is 0. The average Bonchev–Trinajstić information content (AvgIpc) is 2.71. The summed E-state index contributed by atoms with van der Waals surface area (Å²) in [5.41, 5.74) is 0. The number of amides is 1. The van der Waals surface area contributed by atoms with Crippen LogP contribution in [-0.2, 0) is 4.79 Å². The van der Waals surface area contributed by atoms with Crippen LogP contribution >= 0.6 is 0 Å². The van der Waals surface area contributed by atoms with Crippen LogP contribution in [0.4, 0.5) is 11.8 Å². The lowest BCUT2D eigenvalue weighted by atomic mass is 9.96. The predicted octanol–water partition coefficient (Wildman–Crippen LogP) is 3.09. The molecule has 2 heterocycles. The average molecular weight is 405 g/mol. The molecule has 1 fully saturated rings. The van der Waals surface area contributed by atoms with E-state index in [0.717, 1.165) is 57.3 Å². The molecule has 1 amide bonds. The van der Waals surface area contributed by atoms with E-state index in [9.17, 15) is 4.79 Å². The molecule has 0 aliphatic carbocycles. The van der Waals surface area contributed by atoms with E-state index >= 15 is 0 Å². The molecule has 1 aromatic rings. The Morgan fingerprint density at radius 1 is 1.24 bits per heavy atom. The molecular formula is C22H40N6O. The summed E-state index contributed by atoms with van der Waals surface area (Å²) in [4.78, 5) is 28.5. The molecule has 1 atom stereocenters. The molecule has 0 aromatic carbocycles. The monoisotopic (exact) mass is 404 g/mol. The molecule has 7 heteroatoms. The van der Waals surface area contributed by atoms with E-state index in [4.69, 9.17) is 4.98 Å². The largest absolute Gasteiger partial charge is 0.369 e. The molecule has 164 valence electrons. The first-order chi connectivity index (χ1) is 13.9. The van der Waals surface area contributed by atoms with Gasteiger partial charge in [-0.25, -0.2) is 4.98 Å². The quantitative estimate of drug-likeness (QED) is 0.646. The molecule has 1 aliphatic heterocycles. The molecule has 0 spiro atoms. The number of nitrogens with one attached hydrogen (secondary N) is 1. The van der Waals surface area contributed by atoms with Gasteiger partial charge in [-0.1, -0.05) is 0 Å². The van der Waals surface area contributed by atoms with Crippen LogP contribution in [0.1, 0.15) is 54.4 Å². The minimum Gasteiger partial charge on any atom is -0.369 e. The lowest BCUT2D eigenvalue weighted by Gasteiger charge is -2.34. The van der Waals surface area contributed by atoms with Gasteiger partial charge in [0.05, 0.1) is 5.92 Å². The number of aromatic nitrogens is 2. The smallest absolute Gasteiger partial charge is 0.227 e. The van der Waals surface area contributed by atoms with Gasteiger partial charge in [-0.15, -0.1) is 0 Å². The number of piperidine rings is 1. The third kappa shape index (κ3) is 6.56. The van der Waals surface area contributed by atoms with Gasteiger partial charge in [0.1, 0.15) is 5.82 Å². The molecule has 1 saturated heterocycles. The molecule has 7 nitrogen and oxygen atoms in total. The van der Waals surface area contributed by atoms with Crippen molar-refractivity contribution in [2.45, 2.75) is 66.5 Å². The fraction of sp³-hybridized carbons (Fsp3) is 0.773. The Hall–Kier alpha value is -1.89. The zero-order valence-electron chi connectivity index (χ0n) is 19.2. The van der Waals surface area contributed by atoms with E-state index in [1.165, 1.54) is 0 Å². The second-order valence-electron chi connectivity index (χ2n) is 8.39. The van der Waals surface area contributed by atoms with Crippen molar-refractivity contribution in [1.29, 1.82) is 0 Å². The Morgan fingerprint density at radius 3 is 2.55 bits per heavy atom. The van der Waals surface area contributed by atoms with E-state index in [1.54, 1.807) is 0 Å². The second kappa shape index (κ2) is 11.3. The van der Waals surface area contributed by atoms with Gasteiger partial charge >= 0.3 is 0 Å². The SMILES string of the molecule is CCN(CC)C(=O)C1CCCN(c2nccc(NCCN(C(C)C)C(C)C)n2)C1. The van der Waals surface area contributed by atoms with Gasteiger partial charge in [-0.3, -0.25) is 9.69 Å². The van der Waals surface area contributed by atoms with Crippen molar-refractivity contribution in [2.24, 2.45) is 5.92 Å². The van der Waals surface area contributed by atoms with Crippen LogP contribution in [0.2, 0.25) is 0 Å². The normalized spacial score (nSPS) is 17.3. The van der Waals surface area contributed by atoms with Gasteiger partial charge in [0, 0.05) is 57.5 Å². The summed E-state index contributed by atoms with van der Waals surface area (Å²) in [6.45, 7) is 18.0. The Bertz CT molecular complexity index is 623. The topological polar surface area (TPSA) is 64.6 Å². The summed E-state index contributed by atoms with van der Waals surface area (Å²) in [6, 6.07) is 2.96. The number of carbonyl (C=O) groups excluding carboxylic acids is 1. The number of hydrogen-bond donors (Lipinski definition) is 1. The number of carbonyl (C=O) groups is 1. The zero-order valence-corrected chi connectivity index (χ0v) is 19.2. The van der Waals surface area contributed by atoms with E-state index < -0.39 is 0 Å². The van der Waals surface area contributed by atoms with Gasteiger partial charge in [0.15, 0.2) is 0 Å². The molecule has 0 saturated carbocycles. The summed E-state index contributed by atoms with van der Waals surface area (Å²) in [5.74, 6) is 1.86. The highest BCUT2D eigenvalue weighted by molar-refractivity contribution is 5.79. The highest BCUT2D eigenvalue weighted by atomic mass is 16.2. The van der Waals surface area contributed by atoms with Crippen molar-refractivity contribution in [3.05, 3.63) is 12.3 Å². The number of nitrogens with zero attached hydrogens (tertiary/aromatic N) is 5. The molecule has 1 aliphatic rings. The minimum absolute atomic E-state index is 0.0366. The predicted molar refractivity (Wildman–Crippen MR) is 120 cm³/mol. The van der Waals surface area contributed by atoms with Crippen LogP contribution in [0.15, 0.2) is 12.3 Å². The summed E-state index contributed by atoms with van der Waals surface area (Å²) < 4.78 is 0. The lowest BCUT2D eigenvalue weighted by Crippen LogP contribution is -2.45. The molecule has 0 bridgehead atoms. The zero-order chi connectivity index (χ0) is 21.4. The fourth-order valence-electron chi connectivity index (χ4n) is 4.18. The van der Waals surface area contributed by atoms with Crippen LogP contribution < -0.4 is 10.2 Å². The maximum Gasteiger partial charge on any atom is 0.227 e. The van der Waals surface area contributed by atoms with E-state index in [-0.39, 0.29) is 11.8 Å². The van der Waals surface area contributed by atoms with Crippen molar-refractivity contribution in [2.75, 3.05) is 49.5 Å². The molecule has 1 unspecified atom stereocenters. The molecule has 29 heavy (non-hydrogen) atoms. The van der Waals surface area contributed by atoms with Crippen LogP contribution in [0.5, 0.6) is 0 Å². The Kier molecular flexibility index (Phi) is 9.14. The van der Waals surface area contributed by atoms with Crippen molar-refractivity contribution in [3.63, 3.8) is 0 Å². The lowest BCUT2D eigenvalue weighted by molar-refractivity contribution is -0.135. The molecule has 1 aromatic heterocycles. The molecule has 0 radical (unpaired) electrons. The Morgan fingerprint density at radius 2 is 1.93 bits per heavy atom. The van der Waals surface area contributed by atoms with Gasteiger partial charge in [-0.2, -0.15) is 4.98 Å². The van der Waals surface area contributed by atoms with Gasteiger partial charge < -0.3 is 15.1 Å². The molecular weight excluding hydrogens is 364 g/mol. The van der Waals surface area contributed by atoms with Crippen LogP contribution in [0, 0.1) is 5.92 Å². The van der Waals surface area contributed by atoms with Crippen LogP contribution in [0.3, 0.4) is 0 Å². The summed E-state index contributed by atoms with van der Waals surface area (Å²) in [5, 5.41) is 3.44. The maximum atomic E-state index is 12.8. The van der Waals surface area contributed by atoms with Crippen LogP contribution in [-0.4, -0.2) is 77.0 Å². The number of anilines is 2. The molecule has 2 rings (SSSR count). The summed E-state index contributed by atoms with van der Waals surface area (Å²) in [6.07, 6.45) is 3.75. The first kappa shape index (κ1) is 23.4. The summed E-state index contributed by atoms with van der Waals surface area (Å²) in [7, 11) is 0. The maximum absolute atomic E-state index is 12.8. The van der Waals surface area contributed by atoms with Gasteiger partial charge in [-0.05, 0) is 60.5 Å². The van der Waals surface area contributed by atoms with E-state index in [1.807, 2.05) is 31.0 Å². The fourth-order valence-corrected chi connectivity index (χ4v) is 4.18. The van der Waals surface area contributed by atoms with Crippen molar-refractivity contribution in [3.8, 4) is 0 Å². The van der Waals surface area contributed by atoms with E-state index in [2.05, 4.69) is 47.8 Å². The Labute approximate surface area is 176 Å². The first-order valence-corrected chi connectivity index (χ1v) is 11.2. The van der Waals surface area contributed by atoms with Crippen molar-refractivity contribution < 1.29 is 4.79 Å². The van der Waals surface area contributed by atoms with Gasteiger partial charge in [0.25, 0.3) is 0 Å². The van der Waals surface area contributed by atoms with Crippen molar-refractivity contribution in [1.82, 2.24) is 19.8 Å². The third-order valence-corrected chi connectivity index (χ3v) is 5.77. The standard InChI is InChI=1S/C22H40N6O/c1-7-26(8-2)21(29)19-10-9-14-27(16-19)22-24-12-11-20(25-22)23-13-15-28(17(3)4)18(5)6/h11-12,17-19H,7-10,13-16H2,1-6H3,(H,23,24,25). The highest BCUT2D eigenvalue weighted by Crippen LogP contribution is 2.23. The highest BCUT2D eigenvalue weighted by Gasteiger charge is 2.29. The van der Waals surface area contributed by atoms with E-state index in [0.29, 0.717) is 18.6 Å². The van der Waals surface area contributed by atoms with Gasteiger partial charge in [0.2, 0.25) is 11.9 Å². The third-order valence-electron chi connectivity index (χ3n) is 5.77. The van der Waals surface area contributed by atoms with Crippen molar-refractivity contribution >= 4 is 17.7 Å². The second-order valence-corrected chi connectivity index (χ2v) is 8.39. The minimum atomic E-state index is 0.0366. The Balaban J connectivity index is 1.97. The number of rotatable bonds is 10. The molecule has 1 N–H and O–H groups in total. The first-order valence-electron chi connectivity index (χ1n) is 11.2. The van der Waals surface area contributed by atoms with Crippen LogP contribution in [0.25, 0.3) is 0 Å².